The van der Waals surface area contributed by atoms with Crippen LogP contribution in [0, 0.1) is 10.1 Å². The molecule has 0 aliphatic heterocycles. The number of rotatable bonds is 6. The highest BCUT2D eigenvalue weighted by Gasteiger charge is 2.22. The molecule has 24 heavy (non-hydrogen) atoms. The van der Waals surface area contributed by atoms with E-state index in [9.17, 15) is 19.3 Å². The molecule has 0 unspecified atom stereocenters. The van der Waals surface area contributed by atoms with Crippen LogP contribution in [-0.2, 0) is 4.79 Å². The van der Waals surface area contributed by atoms with Gasteiger partial charge in [0.1, 0.15) is 16.6 Å². The van der Waals surface area contributed by atoms with Gasteiger partial charge in [0.2, 0.25) is 0 Å². The van der Waals surface area contributed by atoms with Gasteiger partial charge in [-0.25, -0.2) is 9.37 Å². The molecular weight excluding hydrogens is 345 g/mol. The Balaban J connectivity index is 2.30. The Labute approximate surface area is 140 Å². The van der Waals surface area contributed by atoms with Gasteiger partial charge in [-0.05, 0) is 16.0 Å². The van der Waals surface area contributed by atoms with Crippen molar-refractivity contribution >= 4 is 34.8 Å². The molecule has 0 spiro atoms. The predicted octanol–water partition coefficient (Wildman–Crippen LogP) is 2.78. The molecule has 0 saturated heterocycles. The number of amides is 1. The number of aromatic nitrogens is 2. The summed E-state index contributed by atoms with van der Waals surface area (Å²) in [6.45, 7) is -1.18. The first-order chi connectivity index (χ1) is 11.5. The van der Waals surface area contributed by atoms with Crippen LogP contribution in [0.2, 0.25) is 5.02 Å². The quantitative estimate of drug-likeness (QED) is 0.603. The number of carbonyl (C=O) groups is 1. The minimum absolute atomic E-state index is 0.000761. The summed E-state index contributed by atoms with van der Waals surface area (Å²) >= 11 is 6.09. The summed E-state index contributed by atoms with van der Waals surface area (Å²) in [4.78, 5) is 28.8. The third kappa shape index (κ3) is 3.84. The smallest absolute Gasteiger partial charge is 0.388 e. The lowest BCUT2D eigenvalue weighted by Gasteiger charge is -2.10. The fourth-order valence-electron chi connectivity index (χ4n) is 1.74. The lowest BCUT2D eigenvalue weighted by atomic mass is 10.3. The second-order valence-corrected chi connectivity index (χ2v) is 4.68. The molecule has 0 aliphatic carbocycles. The van der Waals surface area contributed by atoms with E-state index >= 15 is 0 Å². The number of hydrogen-bond acceptors (Lipinski definition) is 7. The van der Waals surface area contributed by atoms with Gasteiger partial charge >= 0.3 is 5.82 Å². The lowest BCUT2D eigenvalue weighted by molar-refractivity contribution is -0.388. The van der Waals surface area contributed by atoms with Gasteiger partial charge in [-0.15, -0.1) is 0 Å². The van der Waals surface area contributed by atoms with Gasteiger partial charge in [0.15, 0.2) is 24.3 Å². The Morgan fingerprint density at radius 3 is 2.88 bits per heavy atom. The van der Waals surface area contributed by atoms with Crippen molar-refractivity contribution in [2.45, 2.75) is 0 Å². The molecule has 2 rings (SSSR count). The monoisotopic (exact) mass is 355 g/mol. The third-order valence-corrected chi connectivity index (χ3v) is 3.11. The summed E-state index contributed by atoms with van der Waals surface area (Å²) in [7, 11) is 1.46. The van der Waals surface area contributed by atoms with E-state index in [4.69, 9.17) is 16.3 Å². The average Bonchev–Trinajstić information content (AvgIpc) is 2.56. The number of nitrogens with one attached hydrogen (secondary N) is 2. The minimum Gasteiger partial charge on any atom is -0.452 e. The van der Waals surface area contributed by atoms with Crippen molar-refractivity contribution in [2.24, 2.45) is 0 Å². The molecule has 11 heteroatoms. The molecule has 1 amide bonds. The molecule has 0 saturated carbocycles. The number of anilines is 2. The van der Waals surface area contributed by atoms with Crippen LogP contribution in [-0.4, -0.2) is 34.5 Å². The molecular formula is C13H11ClFN5O4. The van der Waals surface area contributed by atoms with E-state index in [-0.39, 0.29) is 28.0 Å². The third-order valence-electron chi connectivity index (χ3n) is 2.73. The first-order valence-electron chi connectivity index (χ1n) is 6.46. The van der Waals surface area contributed by atoms with Crippen LogP contribution in [0.15, 0.2) is 24.5 Å². The number of halogens is 2. The van der Waals surface area contributed by atoms with Crippen LogP contribution in [0.4, 0.5) is 21.7 Å². The summed E-state index contributed by atoms with van der Waals surface area (Å²) in [5.74, 6) is -0.943. The van der Waals surface area contributed by atoms with Gasteiger partial charge in [-0.2, -0.15) is 0 Å². The molecule has 2 aromatic rings. The van der Waals surface area contributed by atoms with Gasteiger partial charge in [0.05, 0.1) is 0 Å². The maximum atomic E-state index is 12.2. The van der Waals surface area contributed by atoms with Gasteiger partial charge in [-0.1, -0.05) is 11.6 Å². The number of alkyl halides is 1. The van der Waals surface area contributed by atoms with E-state index < -0.39 is 23.3 Å². The first-order valence-corrected chi connectivity index (χ1v) is 6.84. The zero-order chi connectivity index (χ0) is 17.7. The van der Waals surface area contributed by atoms with Crippen molar-refractivity contribution in [1.29, 1.82) is 0 Å². The second-order valence-electron chi connectivity index (χ2n) is 4.30. The van der Waals surface area contributed by atoms with Gasteiger partial charge in [0, 0.05) is 19.3 Å². The van der Waals surface area contributed by atoms with Crippen molar-refractivity contribution in [3.8, 4) is 11.5 Å². The maximum Gasteiger partial charge on any atom is 0.388 e. The molecule has 2 heterocycles. The maximum absolute atomic E-state index is 12.2. The number of carbonyl (C=O) groups excluding carboxylic acids is 1. The summed E-state index contributed by atoms with van der Waals surface area (Å²) < 4.78 is 17.7. The van der Waals surface area contributed by atoms with E-state index in [0.29, 0.717) is 0 Å². The van der Waals surface area contributed by atoms with E-state index in [1.807, 2.05) is 0 Å². The number of ether oxygens (including phenoxy) is 1. The fraction of sp³-hybridized carbons (Fsp3) is 0.154. The van der Waals surface area contributed by atoms with Crippen LogP contribution in [0.5, 0.6) is 11.5 Å². The average molecular weight is 356 g/mol. The molecule has 0 radical (unpaired) electrons. The van der Waals surface area contributed by atoms with Crippen LogP contribution in [0.25, 0.3) is 0 Å². The van der Waals surface area contributed by atoms with Crippen molar-refractivity contribution in [1.82, 2.24) is 9.97 Å². The molecule has 126 valence electrons. The van der Waals surface area contributed by atoms with Gasteiger partial charge in [-0.3, -0.25) is 4.79 Å². The number of nitro groups is 1. The molecule has 0 bridgehead atoms. The topological polar surface area (TPSA) is 119 Å². The Bertz CT molecular complexity index is 789. The van der Waals surface area contributed by atoms with Gasteiger partial charge in [0.25, 0.3) is 5.91 Å². The highest BCUT2D eigenvalue weighted by atomic mass is 35.5. The van der Waals surface area contributed by atoms with E-state index in [1.54, 1.807) is 0 Å². The summed E-state index contributed by atoms with van der Waals surface area (Å²) in [5.41, 5.74) is -0.000761. The SMILES string of the molecule is CNc1c([N+](=O)[O-])ncc(Oc2ccnc(NC(=O)CF)c2)c1Cl. The molecule has 2 N–H and O–H groups in total. The van der Waals surface area contributed by atoms with Crippen LogP contribution in [0.3, 0.4) is 0 Å². The Hall–Kier alpha value is -3.01. The fourth-order valence-corrected chi connectivity index (χ4v) is 2.01. The number of nitrogens with zero attached hydrogens (tertiary/aromatic N) is 3. The van der Waals surface area contributed by atoms with Crippen molar-refractivity contribution in [3.63, 3.8) is 0 Å². The lowest BCUT2D eigenvalue weighted by Crippen LogP contribution is -2.13. The Kier molecular flexibility index (Phi) is 5.42. The molecule has 0 atom stereocenters. The van der Waals surface area contributed by atoms with E-state index in [2.05, 4.69) is 20.6 Å². The molecule has 0 aromatic carbocycles. The summed E-state index contributed by atoms with van der Waals surface area (Å²) in [6, 6.07) is 2.80. The molecule has 9 nitrogen and oxygen atoms in total. The van der Waals surface area contributed by atoms with E-state index in [0.717, 1.165) is 6.20 Å². The second kappa shape index (κ2) is 7.51. The van der Waals surface area contributed by atoms with Crippen LogP contribution < -0.4 is 15.4 Å². The number of hydrogen-bond donors (Lipinski definition) is 2. The van der Waals surface area contributed by atoms with Gasteiger partial charge < -0.3 is 25.5 Å². The zero-order valence-electron chi connectivity index (χ0n) is 12.2. The van der Waals surface area contributed by atoms with Crippen molar-refractivity contribution in [2.75, 3.05) is 24.4 Å². The van der Waals surface area contributed by atoms with Crippen LogP contribution in [0.1, 0.15) is 0 Å². The normalized spacial score (nSPS) is 10.1. The van der Waals surface area contributed by atoms with Crippen molar-refractivity contribution < 1.29 is 18.8 Å². The molecule has 0 aliphatic rings. The summed E-state index contributed by atoms with van der Waals surface area (Å²) in [6.07, 6.45) is 2.43. The highest BCUT2D eigenvalue weighted by Crippen LogP contribution is 2.39. The molecule has 0 fully saturated rings. The first kappa shape index (κ1) is 17.3. The minimum atomic E-state index is -1.18. The van der Waals surface area contributed by atoms with Crippen molar-refractivity contribution in [3.05, 3.63) is 39.7 Å². The Morgan fingerprint density at radius 2 is 2.25 bits per heavy atom. The highest BCUT2D eigenvalue weighted by molar-refractivity contribution is 6.35. The largest absolute Gasteiger partial charge is 0.452 e. The van der Waals surface area contributed by atoms with Crippen LogP contribution >= 0.6 is 11.6 Å². The molecule has 2 aromatic heterocycles. The standard InChI is InChI=1S/C13H11ClFN5O4/c1-16-12-11(14)8(6-18-13(12)20(22)23)24-7-2-3-17-9(4-7)19-10(21)5-15/h2-4,6,16H,5H2,1H3,(H,17,19,21). The summed E-state index contributed by atoms with van der Waals surface area (Å²) in [5, 5.41) is 15.7. The Morgan fingerprint density at radius 1 is 1.50 bits per heavy atom. The van der Waals surface area contributed by atoms with E-state index in [1.165, 1.54) is 25.4 Å². The zero-order valence-corrected chi connectivity index (χ0v) is 13.0. The predicted molar refractivity (Wildman–Crippen MR) is 84.4 cm³/mol. The number of pyridine rings is 2.